The van der Waals surface area contributed by atoms with Crippen LogP contribution in [-0.2, 0) is 19.1 Å². The number of Topliss-reactive ketones (excluding diaryl/α,β-unsaturated/α-hetero) is 1. The molecule has 5 nitrogen and oxygen atoms in total. The number of carboxylic acids is 1. The molecule has 7 unspecified atom stereocenters. The van der Waals surface area contributed by atoms with E-state index in [1.165, 1.54) is 18.1 Å². The zero-order valence-corrected chi connectivity index (χ0v) is 24.1. The second kappa shape index (κ2) is 9.24. The number of ketones is 1. The van der Waals surface area contributed by atoms with Gasteiger partial charge in [-0.3, -0.25) is 9.59 Å². The van der Waals surface area contributed by atoms with Gasteiger partial charge in [-0.15, -0.1) is 0 Å². The maximum absolute atomic E-state index is 12.9. The van der Waals surface area contributed by atoms with E-state index < -0.39 is 5.97 Å². The molecule has 0 aromatic rings. The Labute approximate surface area is 222 Å². The molecular weight excluding hydrogens is 464 g/mol. The largest absolute Gasteiger partial charge is 0.478 e. The molecule has 7 atom stereocenters. The first-order chi connectivity index (χ1) is 17.1. The van der Waals surface area contributed by atoms with Crippen LogP contribution in [0.5, 0.6) is 0 Å². The first-order valence-corrected chi connectivity index (χ1v) is 14.1. The van der Waals surface area contributed by atoms with Gasteiger partial charge in [0.25, 0.3) is 0 Å². The molecule has 0 aromatic carbocycles. The lowest BCUT2D eigenvalue weighted by Gasteiger charge is -2.61. The Kier molecular flexibility index (Phi) is 6.95. The van der Waals surface area contributed by atoms with E-state index in [0.29, 0.717) is 29.6 Å². The molecule has 204 valence electrons. The molecule has 2 fully saturated rings. The van der Waals surface area contributed by atoms with Crippen LogP contribution in [-0.4, -0.2) is 28.9 Å². The highest BCUT2D eigenvalue weighted by atomic mass is 16.5. The maximum atomic E-state index is 12.9. The summed E-state index contributed by atoms with van der Waals surface area (Å²) in [4.78, 5) is 36.6. The third-order valence-corrected chi connectivity index (χ3v) is 11.5. The van der Waals surface area contributed by atoms with Crippen molar-refractivity contribution in [1.29, 1.82) is 0 Å². The maximum Gasteiger partial charge on any atom is 0.330 e. The summed E-state index contributed by atoms with van der Waals surface area (Å²) in [5.74, 6) is 0.176. The fraction of sp³-hybridized carbons (Fsp3) is 0.719. The predicted molar refractivity (Wildman–Crippen MR) is 145 cm³/mol. The normalized spacial score (nSPS) is 39.5. The predicted octanol–water partition coefficient (Wildman–Crippen LogP) is 7.07. The van der Waals surface area contributed by atoms with E-state index in [2.05, 4.69) is 53.7 Å². The first kappa shape index (κ1) is 27.9. The number of allylic oxidation sites excluding steroid dienone is 4. The molecule has 0 heterocycles. The summed E-state index contributed by atoms with van der Waals surface area (Å²) in [6.07, 6.45) is 12.3. The standard InChI is InChI=1S/C32H46O5/c1-19(10-9-11-20(2)28(35)36)22-14-17-31(7)23-12-13-25-29(4,5)26(34)15-16-30(25,6)24(23)18-27(32(22,31)8)37-21(3)33/h11-12,18-19,22,25,27H,9-10,13-17H2,1-8H3,(H,35,36). The van der Waals surface area contributed by atoms with Gasteiger partial charge in [-0.05, 0) is 85.8 Å². The Morgan fingerprint density at radius 3 is 2.43 bits per heavy atom. The summed E-state index contributed by atoms with van der Waals surface area (Å²) in [5.41, 5.74) is 2.23. The van der Waals surface area contributed by atoms with Crippen molar-refractivity contribution >= 4 is 17.7 Å². The van der Waals surface area contributed by atoms with Gasteiger partial charge in [-0.25, -0.2) is 4.79 Å². The van der Waals surface area contributed by atoms with Gasteiger partial charge in [0.2, 0.25) is 0 Å². The molecule has 1 N–H and O–H groups in total. The van der Waals surface area contributed by atoms with Crippen LogP contribution in [0.1, 0.15) is 100 Å². The molecule has 5 heteroatoms. The van der Waals surface area contributed by atoms with E-state index in [1.807, 2.05) is 6.08 Å². The quantitative estimate of drug-likeness (QED) is 0.305. The number of carboxylic acid groups (broad SMARTS) is 1. The topological polar surface area (TPSA) is 80.7 Å². The van der Waals surface area contributed by atoms with Gasteiger partial charge >= 0.3 is 11.9 Å². The molecule has 0 radical (unpaired) electrons. The molecule has 4 aliphatic rings. The summed E-state index contributed by atoms with van der Waals surface area (Å²) in [7, 11) is 0. The lowest BCUT2D eigenvalue weighted by Crippen LogP contribution is -2.57. The van der Waals surface area contributed by atoms with Crippen LogP contribution in [0.15, 0.2) is 34.9 Å². The fourth-order valence-corrected chi connectivity index (χ4v) is 8.95. The second-order valence-electron chi connectivity index (χ2n) is 13.6. The summed E-state index contributed by atoms with van der Waals surface area (Å²) >= 11 is 0. The van der Waals surface area contributed by atoms with Crippen molar-refractivity contribution in [2.75, 3.05) is 0 Å². The van der Waals surface area contributed by atoms with E-state index in [4.69, 9.17) is 4.74 Å². The number of carbonyl (C=O) groups excluding carboxylic acids is 2. The monoisotopic (exact) mass is 510 g/mol. The molecule has 4 aliphatic carbocycles. The Bertz CT molecular complexity index is 1090. The van der Waals surface area contributed by atoms with E-state index in [0.717, 1.165) is 38.5 Å². The number of aliphatic carboxylic acids is 1. The highest BCUT2D eigenvalue weighted by molar-refractivity contribution is 5.86. The van der Waals surface area contributed by atoms with Gasteiger partial charge in [0.1, 0.15) is 11.9 Å². The summed E-state index contributed by atoms with van der Waals surface area (Å²) in [5, 5.41) is 9.22. The van der Waals surface area contributed by atoms with Gasteiger partial charge in [-0.1, -0.05) is 53.7 Å². The third kappa shape index (κ3) is 4.06. The van der Waals surface area contributed by atoms with Crippen LogP contribution in [0.4, 0.5) is 0 Å². The number of rotatable bonds is 6. The Morgan fingerprint density at radius 1 is 1.14 bits per heavy atom. The molecule has 0 saturated heterocycles. The molecule has 0 aliphatic heterocycles. The highest BCUT2D eigenvalue weighted by Gasteiger charge is 2.66. The average molecular weight is 511 g/mol. The van der Waals surface area contributed by atoms with Gasteiger partial charge < -0.3 is 9.84 Å². The highest BCUT2D eigenvalue weighted by Crippen LogP contribution is 2.72. The Morgan fingerprint density at radius 2 is 1.81 bits per heavy atom. The van der Waals surface area contributed by atoms with Crippen LogP contribution in [0.3, 0.4) is 0 Å². The number of carbonyl (C=O) groups is 3. The lowest BCUT2D eigenvalue weighted by molar-refractivity contribution is -0.157. The van der Waals surface area contributed by atoms with Crippen molar-refractivity contribution in [2.45, 2.75) is 106 Å². The molecule has 2 saturated carbocycles. The second-order valence-corrected chi connectivity index (χ2v) is 13.6. The summed E-state index contributed by atoms with van der Waals surface area (Å²) in [6.45, 7) is 16.7. The minimum atomic E-state index is -0.864. The van der Waals surface area contributed by atoms with Gasteiger partial charge in [0, 0.05) is 35.2 Å². The summed E-state index contributed by atoms with van der Waals surface area (Å²) in [6, 6.07) is 0. The minimum absolute atomic E-state index is 0.118. The van der Waals surface area contributed by atoms with Crippen molar-refractivity contribution < 1.29 is 24.2 Å². The van der Waals surface area contributed by atoms with Crippen LogP contribution < -0.4 is 0 Å². The molecule has 0 amide bonds. The van der Waals surface area contributed by atoms with Crippen molar-refractivity contribution in [3.8, 4) is 0 Å². The lowest BCUT2D eigenvalue weighted by atomic mass is 9.43. The van der Waals surface area contributed by atoms with Crippen LogP contribution in [0.25, 0.3) is 0 Å². The van der Waals surface area contributed by atoms with Crippen molar-refractivity contribution in [1.82, 2.24) is 0 Å². The van der Waals surface area contributed by atoms with Crippen LogP contribution >= 0.6 is 0 Å². The first-order valence-electron chi connectivity index (χ1n) is 14.1. The van der Waals surface area contributed by atoms with Crippen molar-refractivity contribution in [2.24, 2.45) is 39.4 Å². The van der Waals surface area contributed by atoms with Gasteiger partial charge in [0.05, 0.1) is 0 Å². The van der Waals surface area contributed by atoms with Gasteiger partial charge in [0.15, 0.2) is 0 Å². The van der Waals surface area contributed by atoms with E-state index in [-0.39, 0.29) is 39.7 Å². The van der Waals surface area contributed by atoms with E-state index >= 15 is 0 Å². The van der Waals surface area contributed by atoms with Gasteiger partial charge in [-0.2, -0.15) is 0 Å². The molecular formula is C32H46O5. The third-order valence-electron chi connectivity index (χ3n) is 11.5. The van der Waals surface area contributed by atoms with E-state index in [9.17, 15) is 19.5 Å². The number of hydrogen-bond donors (Lipinski definition) is 1. The number of ether oxygens (including phenoxy) is 1. The smallest absolute Gasteiger partial charge is 0.330 e. The number of fused-ring (bicyclic) bond motifs is 5. The van der Waals surface area contributed by atoms with Crippen molar-refractivity contribution in [3.63, 3.8) is 0 Å². The minimum Gasteiger partial charge on any atom is -0.478 e. The Hall–Kier alpha value is -2.17. The average Bonchev–Trinajstić information content (AvgIpc) is 3.09. The molecule has 0 bridgehead atoms. The zero-order valence-electron chi connectivity index (χ0n) is 24.1. The van der Waals surface area contributed by atoms with Crippen LogP contribution in [0, 0.1) is 39.4 Å². The number of hydrogen-bond acceptors (Lipinski definition) is 4. The molecule has 37 heavy (non-hydrogen) atoms. The Balaban J connectivity index is 1.76. The molecule has 0 spiro atoms. The SMILES string of the molecule is CC(=O)OC1C=C2C(=CCC3C(C)(C)C(=O)CCC23C)C2(C)CCC(C(C)CCC=C(C)C(=O)O)C12C. The molecule has 0 aromatic heterocycles. The van der Waals surface area contributed by atoms with Crippen molar-refractivity contribution in [3.05, 3.63) is 34.9 Å². The zero-order chi connectivity index (χ0) is 27.6. The van der Waals surface area contributed by atoms with Crippen LogP contribution in [0.2, 0.25) is 0 Å². The molecule has 4 rings (SSSR count). The fourth-order valence-electron chi connectivity index (χ4n) is 8.95. The summed E-state index contributed by atoms with van der Waals surface area (Å²) < 4.78 is 6.18. The number of esters is 1. The van der Waals surface area contributed by atoms with E-state index in [1.54, 1.807) is 6.92 Å².